The Bertz CT molecular complexity index is 1410. The first kappa shape index (κ1) is 28.1. The molecule has 4 aliphatic rings. The lowest BCUT2D eigenvalue weighted by Gasteiger charge is -2.37. The lowest BCUT2D eigenvalue weighted by molar-refractivity contribution is -0.150. The van der Waals surface area contributed by atoms with Crippen molar-refractivity contribution in [3.63, 3.8) is 0 Å². The Labute approximate surface area is 241 Å². The van der Waals surface area contributed by atoms with Gasteiger partial charge in [0.25, 0.3) is 5.91 Å². The standard InChI is InChI=1S/C31H38FN3O5Si/c1-19-29(41(3,4)32)26(16-28(38)35-17-21-9-6-5-8-20(21)14-23(35)18-36)40-31(19)24-15-22(34-13-7-10-27(34)37)11-12-25(24)33(2)30(31)39/h5-6,8-9,11-12,15,19,23,26,29,36H,7,10,13-14,16-18H2,1-4H3/t19-,23-,26+,29-,31+/m0/s1. The molecule has 10 heteroatoms. The number of fused-ring (bicyclic) bond motifs is 3. The Hall–Kier alpha value is -3.08. The van der Waals surface area contributed by atoms with Gasteiger partial charge in [0.1, 0.15) is 0 Å². The summed E-state index contributed by atoms with van der Waals surface area (Å²) in [4.78, 5) is 45.4. The molecule has 0 aliphatic carbocycles. The van der Waals surface area contributed by atoms with Crippen molar-refractivity contribution < 1.29 is 28.3 Å². The van der Waals surface area contributed by atoms with E-state index < -0.39 is 31.6 Å². The molecule has 2 fully saturated rings. The number of halogens is 1. The summed E-state index contributed by atoms with van der Waals surface area (Å²) in [6, 6.07) is 13.1. The van der Waals surface area contributed by atoms with Gasteiger partial charge in [-0.15, -0.1) is 0 Å². The van der Waals surface area contributed by atoms with Crippen LogP contribution in [0.1, 0.15) is 42.9 Å². The fraction of sp³-hybridized carbons (Fsp3) is 0.516. The molecule has 0 aromatic heterocycles. The molecule has 5 atom stereocenters. The molecule has 1 N–H and O–H groups in total. The van der Waals surface area contributed by atoms with Crippen LogP contribution in [0.3, 0.4) is 0 Å². The first-order valence-corrected chi connectivity index (χ1v) is 17.5. The van der Waals surface area contributed by atoms with E-state index in [1.807, 2.05) is 49.4 Å². The number of benzene rings is 2. The van der Waals surface area contributed by atoms with E-state index >= 15 is 4.11 Å². The minimum Gasteiger partial charge on any atom is -0.394 e. The Morgan fingerprint density at radius 1 is 1.17 bits per heavy atom. The molecule has 1 spiro atoms. The minimum absolute atomic E-state index is 0.0391. The summed E-state index contributed by atoms with van der Waals surface area (Å²) in [6.45, 7) is 5.90. The molecular formula is C31H38FN3O5Si. The lowest BCUT2D eigenvalue weighted by Crippen LogP contribution is -2.48. The quantitative estimate of drug-likeness (QED) is 0.429. The van der Waals surface area contributed by atoms with Crippen molar-refractivity contribution >= 4 is 37.5 Å². The van der Waals surface area contributed by atoms with Crippen molar-refractivity contribution in [3.8, 4) is 0 Å². The Balaban J connectivity index is 1.36. The zero-order valence-electron chi connectivity index (χ0n) is 24.1. The number of carbonyl (C=O) groups excluding carboxylic acids is 3. The number of hydrogen-bond donors (Lipinski definition) is 1. The number of amides is 3. The van der Waals surface area contributed by atoms with Crippen LogP contribution in [0.4, 0.5) is 15.5 Å². The van der Waals surface area contributed by atoms with Crippen LogP contribution in [0.2, 0.25) is 18.6 Å². The second kappa shape index (κ2) is 10.0. The minimum atomic E-state index is -3.45. The predicted molar refractivity (Wildman–Crippen MR) is 156 cm³/mol. The zero-order valence-corrected chi connectivity index (χ0v) is 25.1. The van der Waals surface area contributed by atoms with Gasteiger partial charge in [0, 0.05) is 49.3 Å². The second-order valence-electron chi connectivity index (χ2n) is 12.5. The summed E-state index contributed by atoms with van der Waals surface area (Å²) in [5.74, 6) is -0.976. The van der Waals surface area contributed by atoms with E-state index in [4.69, 9.17) is 4.74 Å². The highest BCUT2D eigenvalue weighted by molar-refractivity contribution is 6.72. The first-order chi connectivity index (χ1) is 19.5. The largest absolute Gasteiger partial charge is 0.394 e. The van der Waals surface area contributed by atoms with Gasteiger partial charge in [-0.2, -0.15) is 0 Å². The van der Waals surface area contributed by atoms with Crippen molar-refractivity contribution in [1.82, 2.24) is 4.90 Å². The lowest BCUT2D eigenvalue weighted by atomic mass is 9.82. The van der Waals surface area contributed by atoms with Crippen molar-refractivity contribution in [2.75, 3.05) is 30.0 Å². The van der Waals surface area contributed by atoms with E-state index in [1.165, 1.54) is 0 Å². The van der Waals surface area contributed by atoms with Crippen LogP contribution < -0.4 is 9.80 Å². The van der Waals surface area contributed by atoms with Gasteiger partial charge in [-0.3, -0.25) is 14.4 Å². The second-order valence-corrected chi connectivity index (χ2v) is 16.3. The molecule has 0 unspecified atom stereocenters. The topological polar surface area (TPSA) is 90.4 Å². The van der Waals surface area contributed by atoms with E-state index in [0.29, 0.717) is 42.9 Å². The molecule has 6 rings (SSSR count). The molecule has 41 heavy (non-hydrogen) atoms. The third-order valence-corrected chi connectivity index (χ3v) is 12.2. The number of carbonyl (C=O) groups is 3. The number of aliphatic hydroxyl groups is 1. The Morgan fingerprint density at radius 2 is 1.90 bits per heavy atom. The van der Waals surface area contributed by atoms with Crippen LogP contribution in [0.5, 0.6) is 0 Å². The van der Waals surface area contributed by atoms with Crippen LogP contribution in [0, 0.1) is 5.92 Å². The van der Waals surface area contributed by atoms with Gasteiger partial charge in [-0.05, 0) is 55.3 Å². The highest BCUT2D eigenvalue weighted by Crippen LogP contribution is 2.60. The molecule has 218 valence electrons. The van der Waals surface area contributed by atoms with Gasteiger partial charge < -0.3 is 28.7 Å². The summed E-state index contributed by atoms with van der Waals surface area (Å²) >= 11 is 0. The number of nitrogens with zero attached hydrogens (tertiary/aromatic N) is 3. The van der Waals surface area contributed by atoms with E-state index in [0.717, 1.165) is 17.5 Å². The van der Waals surface area contributed by atoms with Crippen molar-refractivity contribution in [2.24, 2.45) is 5.92 Å². The average molecular weight is 580 g/mol. The third-order valence-electron chi connectivity index (χ3n) is 9.72. The van der Waals surface area contributed by atoms with Crippen LogP contribution in [-0.2, 0) is 37.7 Å². The van der Waals surface area contributed by atoms with Crippen LogP contribution in [0.25, 0.3) is 0 Å². The summed E-state index contributed by atoms with van der Waals surface area (Å²) < 4.78 is 22.9. The number of rotatable bonds is 5. The summed E-state index contributed by atoms with van der Waals surface area (Å²) in [5, 5.41) is 10.1. The zero-order chi connectivity index (χ0) is 29.3. The molecule has 0 radical (unpaired) electrons. The molecule has 2 saturated heterocycles. The SMILES string of the molecule is C[C@H]1[C@H]([Si](C)(C)F)[C@@H](CC(=O)N2Cc3ccccc3C[C@H]2CO)O[C@]12C(=O)N(C)c1ccc(N3CCCC3=O)cc12. The smallest absolute Gasteiger partial charge is 0.264 e. The number of ether oxygens (including phenoxy) is 1. The fourth-order valence-corrected chi connectivity index (χ4v) is 10.3. The van der Waals surface area contributed by atoms with Gasteiger partial charge in [0.05, 0.1) is 30.9 Å². The maximum Gasteiger partial charge on any atom is 0.264 e. The van der Waals surface area contributed by atoms with Crippen LogP contribution in [0.15, 0.2) is 42.5 Å². The van der Waals surface area contributed by atoms with Crippen molar-refractivity contribution in [2.45, 2.75) is 75.5 Å². The maximum absolute atomic E-state index is 16.2. The summed E-state index contributed by atoms with van der Waals surface area (Å²) in [7, 11) is -1.76. The van der Waals surface area contributed by atoms with E-state index in [1.54, 1.807) is 34.8 Å². The molecule has 0 bridgehead atoms. The number of likely N-dealkylation sites (N-methyl/N-ethyl adjacent to an activating group) is 1. The molecular weight excluding hydrogens is 541 g/mol. The highest BCUT2D eigenvalue weighted by atomic mass is 28.4. The van der Waals surface area contributed by atoms with Crippen molar-refractivity contribution in [3.05, 3.63) is 59.2 Å². The number of aliphatic hydroxyl groups excluding tert-OH is 1. The molecule has 4 heterocycles. The maximum atomic E-state index is 16.2. The van der Waals surface area contributed by atoms with E-state index in [2.05, 4.69) is 0 Å². The molecule has 2 aromatic rings. The van der Waals surface area contributed by atoms with Gasteiger partial charge >= 0.3 is 0 Å². The molecule has 0 saturated carbocycles. The molecule has 8 nitrogen and oxygen atoms in total. The molecule has 4 aliphatic heterocycles. The van der Waals surface area contributed by atoms with Gasteiger partial charge in [-0.25, -0.2) is 0 Å². The van der Waals surface area contributed by atoms with Crippen LogP contribution in [-0.4, -0.2) is 68.5 Å². The number of anilines is 2. The van der Waals surface area contributed by atoms with E-state index in [9.17, 15) is 19.5 Å². The Morgan fingerprint density at radius 3 is 2.56 bits per heavy atom. The first-order valence-electron chi connectivity index (χ1n) is 14.5. The fourth-order valence-electron chi connectivity index (χ4n) is 7.76. The summed E-state index contributed by atoms with van der Waals surface area (Å²) in [5.41, 5.74) is 2.09. The predicted octanol–water partition coefficient (Wildman–Crippen LogP) is 3.90. The normalized spacial score (nSPS) is 29.5. The van der Waals surface area contributed by atoms with E-state index in [-0.39, 0.29) is 36.8 Å². The van der Waals surface area contributed by atoms with Gasteiger partial charge in [0.2, 0.25) is 20.2 Å². The molecule has 3 amide bonds. The van der Waals surface area contributed by atoms with Gasteiger partial charge in [0.15, 0.2) is 5.60 Å². The van der Waals surface area contributed by atoms with Crippen molar-refractivity contribution in [1.29, 1.82) is 0 Å². The Kier molecular flexibility index (Phi) is 6.86. The average Bonchev–Trinajstić information content (AvgIpc) is 3.57. The van der Waals surface area contributed by atoms with Crippen LogP contribution >= 0.6 is 0 Å². The third kappa shape index (κ3) is 4.33. The summed E-state index contributed by atoms with van der Waals surface area (Å²) in [6.07, 6.45) is 0.924. The van der Waals surface area contributed by atoms with Gasteiger partial charge in [-0.1, -0.05) is 31.2 Å². The highest BCUT2D eigenvalue weighted by Gasteiger charge is 2.66. The number of hydrogen-bond acceptors (Lipinski definition) is 5. The monoisotopic (exact) mass is 579 g/mol. The molecule has 2 aromatic carbocycles.